The van der Waals surface area contributed by atoms with Crippen molar-refractivity contribution in [1.29, 1.82) is 0 Å². The van der Waals surface area contributed by atoms with E-state index in [1.807, 2.05) is 6.07 Å². The monoisotopic (exact) mass is 405 g/mol. The molecule has 158 valence electrons. The molecule has 0 unspecified atom stereocenters. The Balaban J connectivity index is 2.76. The number of nitrogens with two attached hydrogens (primary N) is 3. The molecule has 10 heteroatoms. The van der Waals surface area contributed by atoms with Crippen molar-refractivity contribution in [2.24, 2.45) is 17.2 Å². The van der Waals surface area contributed by atoms with Gasteiger partial charge in [-0.15, -0.1) is 0 Å². The van der Waals surface area contributed by atoms with Gasteiger partial charge >= 0.3 is 0 Å². The lowest BCUT2D eigenvalue weighted by atomic mass is 10.0. The smallest absolute Gasteiger partial charge is 0.243 e. The van der Waals surface area contributed by atoms with Gasteiger partial charge in [-0.1, -0.05) is 30.3 Å². The molecule has 1 aromatic rings. The number of primary amides is 3. The van der Waals surface area contributed by atoms with Crippen LogP contribution in [0.2, 0.25) is 0 Å². The molecule has 0 saturated carbocycles. The Labute approximate surface area is 168 Å². The van der Waals surface area contributed by atoms with Gasteiger partial charge in [0.05, 0.1) is 0 Å². The van der Waals surface area contributed by atoms with Gasteiger partial charge in [-0.25, -0.2) is 0 Å². The normalized spacial score (nSPS) is 12.4. The maximum absolute atomic E-state index is 12.6. The first-order valence-corrected chi connectivity index (χ1v) is 9.18. The maximum atomic E-state index is 12.6. The number of nitrogens with one attached hydrogen (secondary N) is 2. The zero-order chi connectivity index (χ0) is 21.8. The van der Waals surface area contributed by atoms with Crippen LogP contribution >= 0.6 is 0 Å². The zero-order valence-electron chi connectivity index (χ0n) is 16.1. The minimum Gasteiger partial charge on any atom is -0.370 e. The van der Waals surface area contributed by atoms with Crippen LogP contribution < -0.4 is 27.8 Å². The van der Waals surface area contributed by atoms with Gasteiger partial charge in [0, 0.05) is 25.7 Å². The van der Waals surface area contributed by atoms with Gasteiger partial charge in [0.15, 0.2) is 0 Å². The van der Waals surface area contributed by atoms with Crippen LogP contribution in [-0.4, -0.2) is 41.6 Å². The molecule has 0 radical (unpaired) electrons. The quantitative estimate of drug-likeness (QED) is 0.269. The van der Waals surface area contributed by atoms with Gasteiger partial charge in [0.1, 0.15) is 12.1 Å². The number of carbonyl (C=O) groups is 5. The third-order valence-electron chi connectivity index (χ3n) is 4.10. The lowest BCUT2D eigenvalue weighted by Crippen LogP contribution is -2.53. The standard InChI is InChI=1S/C19H27N5O5/c20-15(25)7-4-8-17(27)23-13(9-10-16(21)26)19(29)24-14(18(22)28)11-12-5-2-1-3-6-12/h1-3,5-6,13-14H,4,7-11H2,(H2,20,25)(H2,21,26)(H2,22,28)(H,23,27)(H,24,29)/t13-,14-/m0/s1. The molecule has 29 heavy (non-hydrogen) atoms. The molecule has 2 atom stereocenters. The minimum atomic E-state index is -1.08. The lowest BCUT2D eigenvalue weighted by Gasteiger charge is -2.22. The molecule has 0 bridgehead atoms. The van der Waals surface area contributed by atoms with Gasteiger partial charge in [-0.2, -0.15) is 0 Å². The van der Waals surface area contributed by atoms with E-state index in [1.165, 1.54) is 0 Å². The predicted molar refractivity (Wildman–Crippen MR) is 105 cm³/mol. The summed E-state index contributed by atoms with van der Waals surface area (Å²) in [7, 11) is 0. The fourth-order valence-corrected chi connectivity index (χ4v) is 2.59. The van der Waals surface area contributed by atoms with Crippen molar-refractivity contribution in [3.8, 4) is 0 Å². The highest BCUT2D eigenvalue weighted by Crippen LogP contribution is 2.05. The van der Waals surface area contributed by atoms with Gasteiger partial charge < -0.3 is 27.8 Å². The van der Waals surface area contributed by atoms with Crippen molar-refractivity contribution in [3.05, 3.63) is 35.9 Å². The molecule has 0 spiro atoms. The Morgan fingerprint density at radius 2 is 1.41 bits per heavy atom. The van der Waals surface area contributed by atoms with E-state index >= 15 is 0 Å². The summed E-state index contributed by atoms with van der Waals surface area (Å²) >= 11 is 0. The van der Waals surface area contributed by atoms with Crippen LogP contribution in [0.15, 0.2) is 30.3 Å². The van der Waals surface area contributed by atoms with Gasteiger partial charge in [-0.3, -0.25) is 24.0 Å². The average Bonchev–Trinajstić information content (AvgIpc) is 2.64. The molecule has 1 aromatic carbocycles. The molecule has 1 rings (SSSR count). The van der Waals surface area contributed by atoms with Crippen LogP contribution in [0.5, 0.6) is 0 Å². The highest BCUT2D eigenvalue weighted by molar-refractivity contribution is 5.92. The highest BCUT2D eigenvalue weighted by Gasteiger charge is 2.26. The minimum absolute atomic E-state index is 0.0213. The van der Waals surface area contributed by atoms with Crippen molar-refractivity contribution >= 4 is 29.5 Å². The first-order valence-electron chi connectivity index (χ1n) is 9.18. The molecule has 0 heterocycles. The van der Waals surface area contributed by atoms with Crippen LogP contribution in [-0.2, 0) is 30.4 Å². The Morgan fingerprint density at radius 3 is 1.97 bits per heavy atom. The zero-order valence-corrected chi connectivity index (χ0v) is 16.1. The van der Waals surface area contributed by atoms with Gasteiger partial charge in [0.2, 0.25) is 29.5 Å². The molecule has 0 aliphatic carbocycles. The summed E-state index contributed by atoms with van der Waals surface area (Å²) in [5.41, 5.74) is 16.3. The predicted octanol–water partition coefficient (Wildman–Crippen LogP) is -1.39. The van der Waals surface area contributed by atoms with E-state index in [1.54, 1.807) is 24.3 Å². The summed E-state index contributed by atoms with van der Waals surface area (Å²) in [6.45, 7) is 0. The number of hydrogen-bond donors (Lipinski definition) is 5. The highest BCUT2D eigenvalue weighted by atomic mass is 16.2. The van der Waals surface area contributed by atoms with Crippen LogP contribution in [0, 0.1) is 0 Å². The number of amides is 5. The third-order valence-corrected chi connectivity index (χ3v) is 4.10. The largest absolute Gasteiger partial charge is 0.370 e. The van der Waals surface area contributed by atoms with Crippen LogP contribution in [0.3, 0.4) is 0 Å². The Morgan fingerprint density at radius 1 is 0.793 bits per heavy atom. The summed E-state index contributed by atoms with van der Waals surface area (Å²) in [5.74, 6) is -3.06. The summed E-state index contributed by atoms with van der Waals surface area (Å²) < 4.78 is 0. The Kier molecular flexibility index (Phi) is 9.86. The molecule has 0 aliphatic rings. The second-order valence-corrected chi connectivity index (χ2v) is 6.60. The number of carbonyl (C=O) groups excluding carboxylic acids is 5. The van der Waals surface area contributed by atoms with E-state index in [2.05, 4.69) is 10.6 Å². The fourth-order valence-electron chi connectivity index (χ4n) is 2.59. The maximum Gasteiger partial charge on any atom is 0.243 e. The van der Waals surface area contributed by atoms with Crippen LogP contribution in [0.25, 0.3) is 0 Å². The Bertz CT molecular complexity index is 738. The first kappa shape index (κ1) is 23.6. The van der Waals surface area contributed by atoms with Crippen LogP contribution in [0.4, 0.5) is 0 Å². The van der Waals surface area contributed by atoms with E-state index in [4.69, 9.17) is 17.2 Å². The number of rotatable bonds is 13. The molecule has 0 aromatic heterocycles. The van der Waals surface area contributed by atoms with E-state index in [-0.39, 0.29) is 38.5 Å². The topological polar surface area (TPSA) is 187 Å². The molecule has 10 nitrogen and oxygen atoms in total. The van der Waals surface area contributed by atoms with Crippen molar-refractivity contribution in [2.75, 3.05) is 0 Å². The summed E-state index contributed by atoms with van der Waals surface area (Å²) in [4.78, 5) is 58.3. The first-order chi connectivity index (χ1) is 13.7. The van der Waals surface area contributed by atoms with E-state index < -0.39 is 41.6 Å². The molecule has 0 fully saturated rings. The van der Waals surface area contributed by atoms with E-state index in [0.717, 1.165) is 5.56 Å². The number of benzene rings is 1. The van der Waals surface area contributed by atoms with Crippen molar-refractivity contribution in [1.82, 2.24) is 10.6 Å². The van der Waals surface area contributed by atoms with Gasteiger partial charge in [0.25, 0.3) is 0 Å². The second kappa shape index (κ2) is 12.1. The lowest BCUT2D eigenvalue weighted by molar-refractivity contribution is -0.132. The molecular formula is C19H27N5O5. The summed E-state index contributed by atoms with van der Waals surface area (Å²) in [6.07, 6.45) is 0.234. The summed E-state index contributed by atoms with van der Waals surface area (Å²) in [6, 6.07) is 6.89. The Hall–Kier alpha value is -3.43. The van der Waals surface area contributed by atoms with E-state index in [0.29, 0.717) is 0 Å². The third kappa shape index (κ3) is 9.89. The average molecular weight is 405 g/mol. The van der Waals surface area contributed by atoms with Crippen molar-refractivity contribution in [3.63, 3.8) is 0 Å². The number of hydrogen-bond acceptors (Lipinski definition) is 5. The second-order valence-electron chi connectivity index (χ2n) is 6.60. The molecule has 8 N–H and O–H groups in total. The van der Waals surface area contributed by atoms with Crippen molar-refractivity contribution < 1.29 is 24.0 Å². The van der Waals surface area contributed by atoms with E-state index in [9.17, 15) is 24.0 Å². The summed E-state index contributed by atoms with van der Waals surface area (Å²) in [5, 5.41) is 5.01. The fraction of sp³-hybridized carbons (Fsp3) is 0.421. The molecule has 5 amide bonds. The SMILES string of the molecule is NC(=O)CCCC(=O)N[C@@H](CCC(N)=O)C(=O)N[C@@H](Cc1ccccc1)C(N)=O. The molecular weight excluding hydrogens is 378 g/mol. The van der Waals surface area contributed by atoms with Crippen LogP contribution in [0.1, 0.15) is 37.7 Å². The van der Waals surface area contributed by atoms with Crippen molar-refractivity contribution in [2.45, 2.75) is 50.6 Å². The molecule has 0 saturated heterocycles. The van der Waals surface area contributed by atoms with Gasteiger partial charge in [-0.05, 0) is 18.4 Å². The molecule has 0 aliphatic heterocycles.